The van der Waals surface area contributed by atoms with Crippen molar-refractivity contribution in [2.24, 2.45) is 5.92 Å². The molecule has 0 radical (unpaired) electrons. The smallest absolute Gasteiger partial charge is 0.303 e. The molecule has 0 saturated heterocycles. The lowest BCUT2D eigenvalue weighted by Gasteiger charge is -2.07. The number of amides is 2. The summed E-state index contributed by atoms with van der Waals surface area (Å²) in [6.45, 7) is 0.526. The zero-order chi connectivity index (χ0) is 16.7. The minimum absolute atomic E-state index is 0.0450. The van der Waals surface area contributed by atoms with Crippen molar-refractivity contribution in [3.8, 4) is 0 Å². The minimum Gasteiger partial charge on any atom is -0.481 e. The Kier molecular flexibility index (Phi) is 6.14. The van der Waals surface area contributed by atoms with Crippen LogP contribution in [0.4, 0.5) is 5.69 Å². The number of benzene rings is 1. The van der Waals surface area contributed by atoms with E-state index in [0.29, 0.717) is 24.2 Å². The molecule has 6 nitrogen and oxygen atoms in total. The fourth-order valence-electron chi connectivity index (χ4n) is 2.18. The Bertz CT molecular complexity index is 564. The molecule has 1 aliphatic rings. The van der Waals surface area contributed by atoms with E-state index >= 15 is 0 Å². The molecule has 0 heterocycles. The molecule has 0 aliphatic heterocycles. The zero-order valence-electron chi connectivity index (χ0n) is 13.0. The van der Waals surface area contributed by atoms with Crippen LogP contribution in [0.15, 0.2) is 24.3 Å². The molecule has 1 aliphatic carbocycles. The van der Waals surface area contributed by atoms with E-state index in [-0.39, 0.29) is 24.2 Å². The number of carbonyl (C=O) groups excluding carboxylic acids is 2. The highest BCUT2D eigenvalue weighted by Crippen LogP contribution is 2.30. The topological polar surface area (TPSA) is 95.5 Å². The van der Waals surface area contributed by atoms with Gasteiger partial charge in [0.1, 0.15) is 0 Å². The highest BCUT2D eigenvalue weighted by atomic mass is 16.4. The van der Waals surface area contributed by atoms with Crippen LogP contribution in [-0.2, 0) is 9.59 Å². The summed E-state index contributed by atoms with van der Waals surface area (Å²) in [4.78, 5) is 33.9. The summed E-state index contributed by atoms with van der Waals surface area (Å²) in [7, 11) is 0. The van der Waals surface area contributed by atoms with Crippen molar-refractivity contribution < 1.29 is 19.5 Å². The number of aliphatic carboxylic acids is 1. The molecule has 1 fully saturated rings. The number of nitrogens with one attached hydrogen (secondary N) is 2. The van der Waals surface area contributed by atoms with Crippen molar-refractivity contribution in [3.63, 3.8) is 0 Å². The van der Waals surface area contributed by atoms with Crippen LogP contribution >= 0.6 is 0 Å². The molecule has 0 atom stereocenters. The Morgan fingerprint density at radius 2 is 1.74 bits per heavy atom. The van der Waals surface area contributed by atoms with Crippen LogP contribution in [0.2, 0.25) is 0 Å². The van der Waals surface area contributed by atoms with E-state index in [4.69, 9.17) is 5.11 Å². The van der Waals surface area contributed by atoms with Gasteiger partial charge in [0, 0.05) is 30.1 Å². The van der Waals surface area contributed by atoms with E-state index in [1.165, 1.54) is 0 Å². The van der Waals surface area contributed by atoms with E-state index in [1.807, 2.05) is 0 Å². The first-order valence-corrected chi connectivity index (χ1v) is 7.97. The van der Waals surface area contributed by atoms with Crippen LogP contribution in [0.3, 0.4) is 0 Å². The molecule has 0 bridgehead atoms. The lowest BCUT2D eigenvalue weighted by atomic mass is 10.1. The Hall–Kier alpha value is -2.37. The second-order valence-electron chi connectivity index (χ2n) is 5.80. The van der Waals surface area contributed by atoms with Crippen LogP contribution in [-0.4, -0.2) is 29.4 Å². The summed E-state index contributed by atoms with van der Waals surface area (Å²) < 4.78 is 0. The molecule has 2 amide bonds. The molecule has 1 aromatic carbocycles. The first kappa shape index (κ1) is 17.0. The second-order valence-corrected chi connectivity index (χ2v) is 5.80. The van der Waals surface area contributed by atoms with Crippen molar-refractivity contribution in [3.05, 3.63) is 29.8 Å². The van der Waals surface area contributed by atoms with Gasteiger partial charge in [0.25, 0.3) is 5.91 Å². The molecular formula is C17H22N2O4. The molecule has 0 aromatic heterocycles. The Balaban J connectivity index is 1.68. The normalized spacial score (nSPS) is 13.4. The van der Waals surface area contributed by atoms with Gasteiger partial charge in [-0.15, -0.1) is 0 Å². The standard InChI is InChI=1S/C17H22N2O4/c20-15(21)4-2-1-3-11-18-16(22)12-7-9-14(10-8-12)19-17(23)13-5-6-13/h7-10,13H,1-6,11H2,(H,18,22)(H,19,23)(H,20,21). The predicted molar refractivity (Wildman–Crippen MR) is 86.2 cm³/mol. The summed E-state index contributed by atoms with van der Waals surface area (Å²) in [5, 5.41) is 14.2. The number of carboxylic acid groups (broad SMARTS) is 1. The molecule has 23 heavy (non-hydrogen) atoms. The third-order valence-corrected chi connectivity index (χ3v) is 3.72. The highest BCUT2D eigenvalue weighted by molar-refractivity contribution is 5.96. The van der Waals surface area contributed by atoms with Gasteiger partial charge in [0.05, 0.1) is 0 Å². The van der Waals surface area contributed by atoms with Crippen LogP contribution in [0, 0.1) is 5.92 Å². The van der Waals surface area contributed by atoms with Crippen molar-refractivity contribution >= 4 is 23.5 Å². The highest BCUT2D eigenvalue weighted by Gasteiger charge is 2.29. The first-order valence-electron chi connectivity index (χ1n) is 7.97. The number of unbranched alkanes of at least 4 members (excludes halogenated alkanes) is 2. The monoisotopic (exact) mass is 318 g/mol. The number of carbonyl (C=O) groups is 3. The van der Waals surface area contributed by atoms with Crippen molar-refractivity contribution in [2.45, 2.75) is 38.5 Å². The number of hydrogen-bond acceptors (Lipinski definition) is 3. The van der Waals surface area contributed by atoms with Gasteiger partial charge >= 0.3 is 5.97 Å². The molecular weight excluding hydrogens is 296 g/mol. The molecule has 124 valence electrons. The first-order chi connectivity index (χ1) is 11.1. The van der Waals surface area contributed by atoms with Crippen LogP contribution < -0.4 is 10.6 Å². The summed E-state index contributed by atoms with van der Waals surface area (Å²) in [5.74, 6) is -0.756. The van der Waals surface area contributed by atoms with E-state index in [0.717, 1.165) is 25.7 Å². The zero-order valence-corrected chi connectivity index (χ0v) is 13.0. The van der Waals surface area contributed by atoms with Gasteiger partial charge in [0.15, 0.2) is 0 Å². The van der Waals surface area contributed by atoms with Gasteiger partial charge in [-0.1, -0.05) is 6.42 Å². The molecule has 0 unspecified atom stereocenters. The maximum Gasteiger partial charge on any atom is 0.303 e. The van der Waals surface area contributed by atoms with Gasteiger partial charge in [0.2, 0.25) is 5.91 Å². The number of anilines is 1. The van der Waals surface area contributed by atoms with Crippen LogP contribution in [0.5, 0.6) is 0 Å². The summed E-state index contributed by atoms with van der Waals surface area (Å²) in [6.07, 6.45) is 4.24. The summed E-state index contributed by atoms with van der Waals surface area (Å²) >= 11 is 0. The third-order valence-electron chi connectivity index (χ3n) is 3.72. The van der Waals surface area contributed by atoms with Gasteiger partial charge < -0.3 is 15.7 Å². The van der Waals surface area contributed by atoms with E-state index in [1.54, 1.807) is 24.3 Å². The van der Waals surface area contributed by atoms with Crippen LogP contribution in [0.1, 0.15) is 48.9 Å². The SMILES string of the molecule is O=C(O)CCCCCNC(=O)c1ccc(NC(=O)C2CC2)cc1. The average molecular weight is 318 g/mol. The average Bonchev–Trinajstić information content (AvgIpc) is 3.35. The summed E-state index contributed by atoms with van der Waals surface area (Å²) in [5.41, 5.74) is 1.24. The molecule has 3 N–H and O–H groups in total. The fourth-order valence-corrected chi connectivity index (χ4v) is 2.18. The second kappa shape index (κ2) is 8.31. The number of rotatable bonds is 9. The van der Waals surface area contributed by atoms with Gasteiger partial charge in [-0.25, -0.2) is 0 Å². The lowest BCUT2D eigenvalue weighted by molar-refractivity contribution is -0.137. The van der Waals surface area contributed by atoms with E-state index < -0.39 is 5.97 Å². The van der Waals surface area contributed by atoms with Crippen molar-refractivity contribution in [1.82, 2.24) is 5.32 Å². The minimum atomic E-state index is -0.789. The maximum atomic E-state index is 11.9. The fraction of sp³-hybridized carbons (Fsp3) is 0.471. The summed E-state index contributed by atoms with van der Waals surface area (Å²) in [6, 6.07) is 6.81. The molecule has 1 aromatic rings. The third kappa shape index (κ3) is 6.10. The quantitative estimate of drug-likeness (QED) is 0.609. The molecule has 6 heteroatoms. The molecule has 2 rings (SSSR count). The van der Waals surface area contributed by atoms with Gasteiger partial charge in [-0.3, -0.25) is 14.4 Å². The predicted octanol–water partition coefficient (Wildman–Crippen LogP) is 2.41. The molecule has 1 saturated carbocycles. The van der Waals surface area contributed by atoms with Crippen LogP contribution in [0.25, 0.3) is 0 Å². The van der Waals surface area contributed by atoms with Crippen molar-refractivity contribution in [1.29, 1.82) is 0 Å². The van der Waals surface area contributed by atoms with E-state index in [2.05, 4.69) is 10.6 Å². The number of hydrogen-bond donors (Lipinski definition) is 3. The Morgan fingerprint density at radius 1 is 1.04 bits per heavy atom. The Morgan fingerprint density at radius 3 is 2.35 bits per heavy atom. The van der Waals surface area contributed by atoms with Crippen molar-refractivity contribution in [2.75, 3.05) is 11.9 Å². The number of carboxylic acids is 1. The largest absolute Gasteiger partial charge is 0.481 e. The van der Waals surface area contributed by atoms with Gasteiger partial charge in [-0.05, 0) is 49.9 Å². The Labute approximate surface area is 135 Å². The van der Waals surface area contributed by atoms with Gasteiger partial charge in [-0.2, -0.15) is 0 Å². The maximum absolute atomic E-state index is 11.9. The lowest BCUT2D eigenvalue weighted by Crippen LogP contribution is -2.24. The van der Waals surface area contributed by atoms with E-state index in [9.17, 15) is 14.4 Å². The molecule has 0 spiro atoms.